The highest BCUT2D eigenvalue weighted by Gasteiger charge is 2.53. The van der Waals surface area contributed by atoms with Crippen LogP contribution in [-0.2, 0) is 0 Å². The lowest BCUT2D eigenvalue weighted by molar-refractivity contribution is 0.0708. The Morgan fingerprint density at radius 2 is 2.35 bits per heavy atom. The largest absolute Gasteiger partial charge is 0.332 e. The smallest absolute Gasteiger partial charge is 0.274 e. The SMILES string of the molecule is Cc1cccc(-c2sc(Br)nc2C(=O)N2C[C@@H]3C[C@@H]3[C@H]2CN)c1. The molecule has 3 atom stereocenters. The number of fused-ring (bicyclic) bond motifs is 1. The summed E-state index contributed by atoms with van der Waals surface area (Å²) < 4.78 is 0.742. The molecule has 2 aliphatic rings. The quantitative estimate of drug-likeness (QED) is 0.872. The van der Waals surface area contributed by atoms with E-state index in [4.69, 9.17) is 5.73 Å². The van der Waals surface area contributed by atoms with Gasteiger partial charge in [0, 0.05) is 19.1 Å². The number of piperidine rings is 1. The van der Waals surface area contributed by atoms with Crippen molar-refractivity contribution in [2.24, 2.45) is 17.6 Å². The molecule has 2 N–H and O–H groups in total. The van der Waals surface area contributed by atoms with Gasteiger partial charge in [-0.05, 0) is 46.7 Å². The zero-order valence-corrected chi connectivity index (χ0v) is 15.2. The molecular formula is C17H18BrN3OS. The van der Waals surface area contributed by atoms with Crippen molar-refractivity contribution in [1.82, 2.24) is 9.88 Å². The van der Waals surface area contributed by atoms with Crippen LogP contribution in [0.4, 0.5) is 0 Å². The molecule has 1 aromatic carbocycles. The second-order valence-electron chi connectivity index (χ2n) is 6.43. The van der Waals surface area contributed by atoms with E-state index in [-0.39, 0.29) is 11.9 Å². The van der Waals surface area contributed by atoms with Crippen LogP contribution in [0, 0.1) is 18.8 Å². The number of carbonyl (C=O) groups is 1. The molecule has 6 heteroatoms. The maximum absolute atomic E-state index is 13.1. The highest BCUT2D eigenvalue weighted by molar-refractivity contribution is 9.11. The zero-order chi connectivity index (χ0) is 16.1. The van der Waals surface area contributed by atoms with Gasteiger partial charge in [0.1, 0.15) is 5.69 Å². The summed E-state index contributed by atoms with van der Waals surface area (Å²) >= 11 is 4.95. The summed E-state index contributed by atoms with van der Waals surface area (Å²) in [4.78, 5) is 20.4. The average molecular weight is 392 g/mol. The summed E-state index contributed by atoms with van der Waals surface area (Å²) in [5, 5.41) is 0. The first-order chi connectivity index (χ1) is 11.1. The van der Waals surface area contributed by atoms with Gasteiger partial charge in [-0.3, -0.25) is 4.79 Å². The third-order valence-electron chi connectivity index (χ3n) is 4.89. The fourth-order valence-corrected chi connectivity index (χ4v) is 5.11. The highest BCUT2D eigenvalue weighted by atomic mass is 79.9. The van der Waals surface area contributed by atoms with E-state index in [0.717, 1.165) is 20.9 Å². The van der Waals surface area contributed by atoms with E-state index < -0.39 is 0 Å². The Morgan fingerprint density at radius 1 is 1.52 bits per heavy atom. The van der Waals surface area contributed by atoms with Gasteiger partial charge in [-0.15, -0.1) is 11.3 Å². The summed E-state index contributed by atoms with van der Waals surface area (Å²) in [6.45, 7) is 3.42. The van der Waals surface area contributed by atoms with E-state index in [2.05, 4.69) is 40.0 Å². The summed E-state index contributed by atoms with van der Waals surface area (Å²) in [6.07, 6.45) is 1.22. The van der Waals surface area contributed by atoms with Crippen LogP contribution in [0.2, 0.25) is 0 Å². The molecule has 1 aliphatic carbocycles. The number of likely N-dealkylation sites (tertiary alicyclic amines) is 1. The molecule has 0 spiro atoms. The molecule has 2 fully saturated rings. The Kier molecular flexibility index (Phi) is 3.78. The van der Waals surface area contributed by atoms with Crippen LogP contribution in [0.3, 0.4) is 0 Å². The van der Waals surface area contributed by atoms with E-state index in [0.29, 0.717) is 24.1 Å². The minimum absolute atomic E-state index is 0.0195. The Morgan fingerprint density at radius 3 is 3.09 bits per heavy atom. The van der Waals surface area contributed by atoms with E-state index >= 15 is 0 Å². The fourth-order valence-electron chi connectivity index (χ4n) is 3.66. The van der Waals surface area contributed by atoms with Gasteiger partial charge in [0.05, 0.1) is 4.88 Å². The molecule has 4 rings (SSSR count). The first kappa shape index (κ1) is 15.3. The lowest BCUT2D eigenvalue weighted by Gasteiger charge is -2.26. The number of hydrogen-bond acceptors (Lipinski definition) is 4. The molecule has 1 saturated heterocycles. The van der Waals surface area contributed by atoms with Crippen molar-refractivity contribution < 1.29 is 4.79 Å². The van der Waals surface area contributed by atoms with Crippen molar-refractivity contribution in [2.75, 3.05) is 13.1 Å². The number of hydrogen-bond donors (Lipinski definition) is 1. The summed E-state index contributed by atoms with van der Waals surface area (Å²) in [5.41, 5.74) is 8.68. The molecule has 1 amide bonds. The van der Waals surface area contributed by atoms with E-state index in [9.17, 15) is 4.79 Å². The Labute approximate surface area is 147 Å². The third-order valence-corrected chi connectivity index (χ3v) is 6.45. The molecular weight excluding hydrogens is 374 g/mol. The summed E-state index contributed by atoms with van der Waals surface area (Å²) in [5.74, 6) is 1.27. The van der Waals surface area contributed by atoms with Gasteiger partial charge in [0.15, 0.2) is 3.92 Å². The van der Waals surface area contributed by atoms with Gasteiger partial charge in [-0.2, -0.15) is 0 Å². The number of nitrogens with two attached hydrogens (primary N) is 1. The first-order valence-corrected chi connectivity index (χ1v) is 9.44. The maximum atomic E-state index is 13.1. The number of rotatable bonds is 3. The minimum Gasteiger partial charge on any atom is -0.332 e. The molecule has 1 aliphatic heterocycles. The second-order valence-corrected chi connectivity index (χ2v) is 8.71. The molecule has 1 saturated carbocycles. The zero-order valence-electron chi connectivity index (χ0n) is 12.8. The number of thiazole rings is 1. The Bertz CT molecular complexity index is 775. The van der Waals surface area contributed by atoms with Crippen LogP contribution in [-0.4, -0.2) is 34.9 Å². The second kappa shape index (κ2) is 5.69. The molecule has 0 unspecified atom stereocenters. The lowest BCUT2D eigenvalue weighted by Crippen LogP contribution is -2.43. The van der Waals surface area contributed by atoms with Crippen molar-refractivity contribution in [3.63, 3.8) is 0 Å². The molecule has 0 bridgehead atoms. The van der Waals surface area contributed by atoms with Gasteiger partial charge in [-0.1, -0.05) is 29.8 Å². The summed E-state index contributed by atoms with van der Waals surface area (Å²) in [7, 11) is 0. The van der Waals surface area contributed by atoms with E-state index in [1.807, 2.05) is 17.0 Å². The predicted molar refractivity (Wildman–Crippen MR) is 95.5 cm³/mol. The fraction of sp³-hybridized carbons (Fsp3) is 0.412. The summed E-state index contributed by atoms with van der Waals surface area (Å²) in [6, 6.07) is 8.38. The molecule has 2 heterocycles. The number of nitrogens with zero attached hydrogens (tertiary/aromatic N) is 2. The predicted octanol–water partition coefficient (Wildman–Crippen LogP) is 3.30. The van der Waals surface area contributed by atoms with Gasteiger partial charge in [0.25, 0.3) is 5.91 Å². The van der Waals surface area contributed by atoms with Gasteiger partial charge >= 0.3 is 0 Å². The van der Waals surface area contributed by atoms with Crippen molar-refractivity contribution >= 4 is 33.2 Å². The standard InChI is InChI=1S/C17H18BrN3OS/c1-9-3-2-4-10(5-9)15-14(20-17(18)23-15)16(22)21-8-11-6-12(11)13(21)7-19/h2-5,11-13H,6-8,19H2,1H3/t11-,12-,13+/m0/s1. The normalized spacial score (nSPS) is 25.5. The van der Waals surface area contributed by atoms with Crippen molar-refractivity contribution in [3.8, 4) is 10.4 Å². The average Bonchev–Trinajstić information content (AvgIpc) is 3.03. The minimum atomic E-state index is 0.0195. The Hall–Kier alpha value is -1.24. The van der Waals surface area contributed by atoms with Crippen LogP contribution in [0.25, 0.3) is 10.4 Å². The number of carbonyl (C=O) groups excluding carboxylic acids is 1. The molecule has 2 aromatic rings. The van der Waals surface area contributed by atoms with Crippen LogP contribution >= 0.6 is 27.3 Å². The number of amides is 1. The van der Waals surface area contributed by atoms with Crippen LogP contribution in [0.1, 0.15) is 22.5 Å². The molecule has 4 nitrogen and oxygen atoms in total. The van der Waals surface area contributed by atoms with Gasteiger partial charge in [0.2, 0.25) is 0 Å². The Balaban J connectivity index is 1.70. The maximum Gasteiger partial charge on any atom is 0.274 e. The van der Waals surface area contributed by atoms with Crippen molar-refractivity contribution in [1.29, 1.82) is 0 Å². The first-order valence-electron chi connectivity index (χ1n) is 7.83. The van der Waals surface area contributed by atoms with Crippen molar-refractivity contribution in [3.05, 3.63) is 39.4 Å². The molecule has 0 radical (unpaired) electrons. The number of benzene rings is 1. The van der Waals surface area contributed by atoms with Crippen molar-refractivity contribution in [2.45, 2.75) is 19.4 Å². The third kappa shape index (κ3) is 2.62. The topological polar surface area (TPSA) is 59.2 Å². The van der Waals surface area contributed by atoms with Gasteiger partial charge < -0.3 is 10.6 Å². The number of halogens is 1. The van der Waals surface area contributed by atoms with Crippen LogP contribution < -0.4 is 5.73 Å². The van der Waals surface area contributed by atoms with Crippen LogP contribution in [0.5, 0.6) is 0 Å². The van der Waals surface area contributed by atoms with E-state index in [1.54, 1.807) is 0 Å². The molecule has 1 aromatic heterocycles. The molecule has 120 valence electrons. The van der Waals surface area contributed by atoms with E-state index in [1.165, 1.54) is 23.3 Å². The monoisotopic (exact) mass is 391 g/mol. The molecule has 23 heavy (non-hydrogen) atoms. The highest BCUT2D eigenvalue weighted by Crippen LogP contribution is 2.50. The van der Waals surface area contributed by atoms with Gasteiger partial charge in [-0.25, -0.2) is 4.98 Å². The number of aryl methyl sites for hydroxylation is 1. The number of aromatic nitrogens is 1. The lowest BCUT2D eigenvalue weighted by atomic mass is 10.1. The van der Waals surface area contributed by atoms with Crippen LogP contribution in [0.15, 0.2) is 28.2 Å².